The number of barbiturate groups is 1. The summed E-state index contributed by atoms with van der Waals surface area (Å²) in [5.74, 6) is -0.978. The number of carbonyl (C=O) groups is 3. The van der Waals surface area contributed by atoms with Gasteiger partial charge >= 0.3 is 6.03 Å². The molecular formula is C30H23ClN2O4. The molecule has 0 aromatic heterocycles. The van der Waals surface area contributed by atoms with Crippen LogP contribution in [0.25, 0.3) is 16.8 Å². The number of nitrogens with zero attached hydrogens (tertiary/aromatic N) is 1. The Bertz CT molecular complexity index is 1580. The van der Waals surface area contributed by atoms with E-state index in [0.717, 1.165) is 26.8 Å². The van der Waals surface area contributed by atoms with Crippen molar-refractivity contribution in [3.05, 3.63) is 112 Å². The van der Waals surface area contributed by atoms with Crippen molar-refractivity contribution in [2.75, 3.05) is 4.90 Å². The molecule has 4 aromatic carbocycles. The number of aryl methyl sites for hydroxylation is 1. The van der Waals surface area contributed by atoms with Crippen LogP contribution in [0.5, 0.6) is 5.75 Å². The van der Waals surface area contributed by atoms with Crippen molar-refractivity contribution < 1.29 is 19.1 Å². The standard InChI is InChI=1S/C30H23ClN2O4/c1-2-19-9-5-8-14-26(19)33-29(35)24(28(34)32-30(33)36)17-23-22-12-6-3-10-20(22)15-16-27(23)37-18-21-11-4-7-13-25(21)31/h3-17H,2,18H2,1H3,(H,32,34,36)/b24-17-. The molecule has 0 unspecified atom stereocenters. The number of fused-ring (bicyclic) bond motifs is 1. The molecule has 0 bridgehead atoms. The number of ether oxygens (including phenoxy) is 1. The summed E-state index contributed by atoms with van der Waals surface area (Å²) in [6.45, 7) is 2.13. The topological polar surface area (TPSA) is 75.7 Å². The van der Waals surface area contributed by atoms with Crippen molar-refractivity contribution in [3.63, 3.8) is 0 Å². The fraction of sp³-hybridized carbons (Fsp3) is 0.100. The van der Waals surface area contributed by atoms with Crippen LogP contribution < -0.4 is 15.0 Å². The van der Waals surface area contributed by atoms with E-state index in [9.17, 15) is 14.4 Å². The number of carbonyl (C=O) groups excluding carboxylic acids is 3. The maximum atomic E-state index is 13.6. The second kappa shape index (κ2) is 10.3. The van der Waals surface area contributed by atoms with Gasteiger partial charge in [-0.25, -0.2) is 9.69 Å². The Labute approximate surface area is 219 Å². The Morgan fingerprint density at radius 3 is 2.35 bits per heavy atom. The van der Waals surface area contributed by atoms with Crippen LogP contribution in [0.3, 0.4) is 0 Å². The average Bonchev–Trinajstić information content (AvgIpc) is 2.91. The fourth-order valence-corrected chi connectivity index (χ4v) is 4.56. The van der Waals surface area contributed by atoms with Crippen molar-refractivity contribution >= 4 is 52.0 Å². The van der Waals surface area contributed by atoms with E-state index < -0.39 is 17.8 Å². The van der Waals surface area contributed by atoms with Gasteiger partial charge in [0.25, 0.3) is 11.8 Å². The highest BCUT2D eigenvalue weighted by Crippen LogP contribution is 2.33. The number of imide groups is 2. The SMILES string of the molecule is CCc1ccccc1N1C(=O)NC(=O)/C(=C/c2c(OCc3ccccc3Cl)ccc3ccccc23)C1=O. The fourth-order valence-electron chi connectivity index (χ4n) is 4.37. The lowest BCUT2D eigenvalue weighted by Gasteiger charge is -2.28. The molecule has 0 radical (unpaired) electrons. The van der Waals surface area contributed by atoms with Crippen LogP contribution in [0.15, 0.2) is 90.5 Å². The minimum absolute atomic E-state index is 0.163. The molecule has 0 spiro atoms. The number of nitrogens with one attached hydrogen (secondary N) is 1. The number of halogens is 1. The van der Waals surface area contributed by atoms with Gasteiger partial charge in [-0.2, -0.15) is 0 Å². The predicted octanol–water partition coefficient (Wildman–Crippen LogP) is 6.30. The van der Waals surface area contributed by atoms with Gasteiger partial charge < -0.3 is 4.74 Å². The molecule has 1 saturated heterocycles. The summed E-state index contributed by atoms with van der Waals surface area (Å²) < 4.78 is 6.14. The summed E-state index contributed by atoms with van der Waals surface area (Å²) in [7, 11) is 0. The Morgan fingerprint density at radius 1 is 0.865 bits per heavy atom. The zero-order valence-electron chi connectivity index (χ0n) is 20.0. The monoisotopic (exact) mass is 510 g/mol. The average molecular weight is 511 g/mol. The van der Waals surface area contributed by atoms with Crippen molar-refractivity contribution in [1.82, 2.24) is 5.32 Å². The number of urea groups is 1. The van der Waals surface area contributed by atoms with E-state index in [1.807, 2.05) is 67.6 Å². The van der Waals surface area contributed by atoms with Crippen LogP contribution >= 0.6 is 11.6 Å². The van der Waals surface area contributed by atoms with Crippen LogP contribution in [-0.2, 0) is 22.6 Å². The summed E-state index contributed by atoms with van der Waals surface area (Å²) in [5, 5.41) is 4.60. The van der Waals surface area contributed by atoms with E-state index in [-0.39, 0.29) is 12.2 Å². The Hall–Kier alpha value is -4.42. The molecule has 0 aliphatic carbocycles. The number of anilines is 1. The lowest BCUT2D eigenvalue weighted by Crippen LogP contribution is -2.54. The van der Waals surface area contributed by atoms with E-state index in [4.69, 9.17) is 16.3 Å². The number of rotatable bonds is 6. The molecule has 1 fully saturated rings. The van der Waals surface area contributed by atoms with Gasteiger partial charge in [0.15, 0.2) is 0 Å². The molecule has 0 saturated carbocycles. The Balaban J connectivity index is 1.60. The first kappa shape index (κ1) is 24.3. The molecule has 37 heavy (non-hydrogen) atoms. The Kier molecular flexibility index (Phi) is 6.75. The highest BCUT2D eigenvalue weighted by Gasteiger charge is 2.37. The van der Waals surface area contributed by atoms with Gasteiger partial charge in [-0.3, -0.25) is 14.9 Å². The molecule has 5 rings (SSSR count). The van der Waals surface area contributed by atoms with Crippen molar-refractivity contribution in [2.24, 2.45) is 0 Å². The first-order chi connectivity index (χ1) is 18.0. The largest absolute Gasteiger partial charge is 0.488 e. The molecule has 184 valence electrons. The third-order valence-corrected chi connectivity index (χ3v) is 6.64. The van der Waals surface area contributed by atoms with E-state index in [1.54, 1.807) is 24.3 Å². The zero-order chi connectivity index (χ0) is 25.9. The predicted molar refractivity (Wildman–Crippen MR) is 145 cm³/mol. The van der Waals surface area contributed by atoms with Gasteiger partial charge in [0.2, 0.25) is 0 Å². The first-order valence-electron chi connectivity index (χ1n) is 11.8. The van der Waals surface area contributed by atoms with E-state index >= 15 is 0 Å². The quantitative estimate of drug-likeness (QED) is 0.244. The summed E-state index contributed by atoms with van der Waals surface area (Å²) in [6.07, 6.45) is 2.11. The van der Waals surface area contributed by atoms with E-state index in [0.29, 0.717) is 28.4 Å². The van der Waals surface area contributed by atoms with Gasteiger partial charge in [0.05, 0.1) is 5.69 Å². The molecule has 7 heteroatoms. The van der Waals surface area contributed by atoms with E-state index in [2.05, 4.69) is 5.32 Å². The summed E-state index contributed by atoms with van der Waals surface area (Å²) in [6, 6.07) is 25.0. The van der Waals surface area contributed by atoms with Gasteiger partial charge in [-0.15, -0.1) is 0 Å². The molecule has 4 aromatic rings. The molecule has 0 atom stereocenters. The summed E-state index contributed by atoms with van der Waals surface area (Å²) >= 11 is 6.30. The minimum atomic E-state index is -0.777. The molecule has 1 heterocycles. The first-order valence-corrected chi connectivity index (χ1v) is 12.2. The van der Waals surface area contributed by atoms with Gasteiger partial charge in [0.1, 0.15) is 17.9 Å². The Morgan fingerprint density at radius 2 is 1.57 bits per heavy atom. The third kappa shape index (κ3) is 4.71. The maximum Gasteiger partial charge on any atom is 0.335 e. The molecule has 1 aliphatic rings. The summed E-state index contributed by atoms with van der Waals surface area (Å²) in [4.78, 5) is 40.3. The summed E-state index contributed by atoms with van der Waals surface area (Å²) in [5.41, 5.74) is 2.45. The number of amides is 4. The number of hydrogen-bond donors (Lipinski definition) is 1. The van der Waals surface area contributed by atoms with E-state index in [1.165, 1.54) is 6.08 Å². The van der Waals surface area contributed by atoms with Crippen LogP contribution in [-0.4, -0.2) is 17.8 Å². The molecule has 4 amide bonds. The van der Waals surface area contributed by atoms with Gasteiger partial charge in [0, 0.05) is 16.1 Å². The lowest BCUT2D eigenvalue weighted by atomic mass is 9.99. The molecule has 6 nitrogen and oxygen atoms in total. The number of hydrogen-bond acceptors (Lipinski definition) is 4. The highest BCUT2D eigenvalue weighted by atomic mass is 35.5. The number of para-hydroxylation sites is 1. The molecular weight excluding hydrogens is 488 g/mol. The highest BCUT2D eigenvalue weighted by molar-refractivity contribution is 6.39. The third-order valence-electron chi connectivity index (χ3n) is 6.28. The van der Waals surface area contributed by atoms with Gasteiger partial charge in [-0.1, -0.05) is 85.3 Å². The maximum absolute atomic E-state index is 13.6. The second-order valence-electron chi connectivity index (χ2n) is 8.52. The van der Waals surface area contributed by atoms with Crippen LogP contribution in [0, 0.1) is 0 Å². The van der Waals surface area contributed by atoms with Crippen LogP contribution in [0.4, 0.5) is 10.5 Å². The lowest BCUT2D eigenvalue weighted by molar-refractivity contribution is -0.122. The van der Waals surface area contributed by atoms with Crippen LogP contribution in [0.1, 0.15) is 23.6 Å². The molecule has 1 aliphatic heterocycles. The van der Waals surface area contributed by atoms with Crippen molar-refractivity contribution in [1.29, 1.82) is 0 Å². The van der Waals surface area contributed by atoms with Gasteiger partial charge in [-0.05, 0) is 47.0 Å². The minimum Gasteiger partial charge on any atom is -0.488 e. The smallest absolute Gasteiger partial charge is 0.335 e. The number of benzene rings is 4. The normalized spacial score (nSPS) is 14.8. The van der Waals surface area contributed by atoms with Crippen LogP contribution in [0.2, 0.25) is 5.02 Å². The van der Waals surface area contributed by atoms with Crippen molar-refractivity contribution in [3.8, 4) is 5.75 Å². The molecule has 1 N–H and O–H groups in total. The zero-order valence-corrected chi connectivity index (χ0v) is 20.8. The second-order valence-corrected chi connectivity index (χ2v) is 8.93. The van der Waals surface area contributed by atoms with Crippen molar-refractivity contribution in [2.45, 2.75) is 20.0 Å².